The number of carbonyl (C=O) groups excluding carboxylic acids is 1. The maximum atomic E-state index is 11.2. The van der Waals surface area contributed by atoms with Gasteiger partial charge in [0.1, 0.15) is 0 Å². The highest BCUT2D eigenvalue weighted by Crippen LogP contribution is 2.24. The largest absolute Gasteiger partial charge is 0.368 e. The topological polar surface area (TPSA) is 55.1 Å². The Hall–Kier alpha value is -0.220. The molecule has 1 aliphatic carbocycles. The van der Waals surface area contributed by atoms with E-state index in [2.05, 4.69) is 5.32 Å². The zero-order chi connectivity index (χ0) is 9.90. The zero-order valence-electron chi connectivity index (χ0n) is 8.30. The number of thioether (sulfide) groups is 1. The molecule has 0 aromatic carbocycles. The van der Waals surface area contributed by atoms with Crippen molar-refractivity contribution in [3.8, 4) is 0 Å². The first-order valence-corrected chi connectivity index (χ1v) is 6.04. The fourth-order valence-electron chi connectivity index (χ4n) is 1.25. The number of hydrogen-bond donors (Lipinski definition) is 2. The molecule has 0 spiro atoms. The van der Waals surface area contributed by atoms with Gasteiger partial charge >= 0.3 is 0 Å². The lowest BCUT2D eigenvalue weighted by Gasteiger charge is -2.27. The van der Waals surface area contributed by atoms with E-state index in [-0.39, 0.29) is 5.91 Å². The number of primary amides is 1. The Balaban J connectivity index is 2.45. The molecule has 0 radical (unpaired) electrons. The van der Waals surface area contributed by atoms with Crippen molar-refractivity contribution in [3.63, 3.8) is 0 Å². The van der Waals surface area contributed by atoms with Crippen molar-refractivity contribution in [2.45, 2.75) is 37.8 Å². The number of carbonyl (C=O) groups is 1. The number of rotatable bonds is 6. The predicted octanol–water partition coefficient (Wildman–Crippen LogP) is 0.736. The first-order valence-electron chi connectivity index (χ1n) is 4.65. The minimum Gasteiger partial charge on any atom is -0.368 e. The van der Waals surface area contributed by atoms with Gasteiger partial charge in [-0.15, -0.1) is 0 Å². The maximum Gasteiger partial charge on any atom is 0.237 e. The van der Waals surface area contributed by atoms with Gasteiger partial charge in [-0.05, 0) is 38.2 Å². The lowest BCUT2D eigenvalue weighted by molar-refractivity contribution is -0.124. The van der Waals surface area contributed by atoms with Crippen molar-refractivity contribution >= 4 is 17.7 Å². The van der Waals surface area contributed by atoms with Crippen LogP contribution in [0.25, 0.3) is 0 Å². The molecule has 1 unspecified atom stereocenters. The summed E-state index contributed by atoms with van der Waals surface area (Å²) < 4.78 is 0. The van der Waals surface area contributed by atoms with Crippen LogP contribution in [0.4, 0.5) is 0 Å². The fraction of sp³-hybridized carbons (Fsp3) is 0.889. The molecule has 3 N–H and O–H groups in total. The third-order valence-corrected chi connectivity index (χ3v) is 3.06. The molecule has 0 bridgehead atoms. The Morgan fingerprint density at radius 3 is 2.69 bits per heavy atom. The molecular formula is C9H18N2OS. The van der Waals surface area contributed by atoms with Crippen molar-refractivity contribution in [1.82, 2.24) is 5.32 Å². The van der Waals surface area contributed by atoms with E-state index in [1.165, 1.54) is 12.8 Å². The molecule has 1 rings (SSSR count). The van der Waals surface area contributed by atoms with Crippen molar-refractivity contribution in [1.29, 1.82) is 0 Å². The van der Waals surface area contributed by atoms with Crippen LogP contribution in [0.3, 0.4) is 0 Å². The molecule has 0 heterocycles. The van der Waals surface area contributed by atoms with Crippen LogP contribution in [0.1, 0.15) is 26.2 Å². The average molecular weight is 202 g/mol. The molecule has 3 nitrogen and oxygen atoms in total. The SMILES string of the molecule is CSCCC(C)(NC1CC1)C(N)=O. The summed E-state index contributed by atoms with van der Waals surface area (Å²) in [4.78, 5) is 11.2. The van der Waals surface area contributed by atoms with Gasteiger partial charge in [-0.1, -0.05) is 0 Å². The van der Waals surface area contributed by atoms with Crippen LogP contribution in [0.2, 0.25) is 0 Å². The monoisotopic (exact) mass is 202 g/mol. The summed E-state index contributed by atoms with van der Waals surface area (Å²) in [7, 11) is 0. The fourth-order valence-corrected chi connectivity index (χ4v) is 1.86. The molecular weight excluding hydrogens is 184 g/mol. The van der Waals surface area contributed by atoms with Crippen molar-refractivity contribution in [2.75, 3.05) is 12.0 Å². The van der Waals surface area contributed by atoms with E-state index in [0.717, 1.165) is 12.2 Å². The predicted molar refractivity (Wildman–Crippen MR) is 56.8 cm³/mol. The minimum atomic E-state index is -0.496. The summed E-state index contributed by atoms with van der Waals surface area (Å²) in [6, 6.07) is 0.527. The second kappa shape index (κ2) is 4.33. The van der Waals surface area contributed by atoms with Gasteiger partial charge < -0.3 is 11.1 Å². The van der Waals surface area contributed by atoms with Gasteiger partial charge in [0.05, 0.1) is 5.54 Å². The number of nitrogens with two attached hydrogens (primary N) is 1. The van der Waals surface area contributed by atoms with Gasteiger partial charge in [0.25, 0.3) is 0 Å². The summed E-state index contributed by atoms with van der Waals surface area (Å²) in [5.74, 6) is 0.743. The Labute approximate surface area is 83.8 Å². The van der Waals surface area contributed by atoms with E-state index < -0.39 is 5.54 Å². The van der Waals surface area contributed by atoms with E-state index in [1.54, 1.807) is 11.8 Å². The summed E-state index contributed by atoms with van der Waals surface area (Å²) in [5.41, 5.74) is 4.88. The Morgan fingerprint density at radius 1 is 1.69 bits per heavy atom. The van der Waals surface area contributed by atoms with Crippen LogP contribution in [0, 0.1) is 0 Å². The second-order valence-corrected chi connectivity index (χ2v) is 4.84. The van der Waals surface area contributed by atoms with Gasteiger partial charge in [-0.2, -0.15) is 11.8 Å². The molecule has 1 atom stereocenters. The third-order valence-electron chi connectivity index (χ3n) is 2.45. The van der Waals surface area contributed by atoms with E-state index in [1.807, 2.05) is 13.2 Å². The molecule has 1 fully saturated rings. The number of hydrogen-bond acceptors (Lipinski definition) is 3. The van der Waals surface area contributed by atoms with E-state index in [0.29, 0.717) is 6.04 Å². The molecule has 1 saturated carbocycles. The number of amides is 1. The normalized spacial score (nSPS) is 21.1. The molecule has 0 aliphatic heterocycles. The standard InChI is InChI=1S/C9H18N2OS/c1-9(8(10)12,5-6-13-2)11-7-3-4-7/h7,11H,3-6H2,1-2H3,(H2,10,12). The quantitative estimate of drug-likeness (QED) is 0.668. The van der Waals surface area contributed by atoms with Gasteiger partial charge in [-0.25, -0.2) is 0 Å². The summed E-state index contributed by atoms with van der Waals surface area (Å²) in [6.45, 7) is 1.91. The molecule has 4 heteroatoms. The van der Waals surface area contributed by atoms with E-state index in [9.17, 15) is 4.79 Å². The smallest absolute Gasteiger partial charge is 0.237 e. The average Bonchev–Trinajstić information content (AvgIpc) is 2.84. The van der Waals surface area contributed by atoms with Crippen LogP contribution < -0.4 is 11.1 Å². The third kappa shape index (κ3) is 3.19. The van der Waals surface area contributed by atoms with Crippen molar-refractivity contribution in [3.05, 3.63) is 0 Å². The van der Waals surface area contributed by atoms with Crippen LogP contribution >= 0.6 is 11.8 Å². The second-order valence-electron chi connectivity index (χ2n) is 3.86. The lowest BCUT2D eigenvalue weighted by atomic mass is 9.98. The van der Waals surface area contributed by atoms with Gasteiger partial charge in [-0.3, -0.25) is 4.79 Å². The molecule has 13 heavy (non-hydrogen) atoms. The summed E-state index contributed by atoms with van der Waals surface area (Å²) >= 11 is 1.75. The molecule has 0 aromatic rings. The molecule has 1 aliphatic rings. The van der Waals surface area contributed by atoms with Crippen LogP contribution in [-0.2, 0) is 4.79 Å². The minimum absolute atomic E-state index is 0.228. The summed E-state index contributed by atoms with van der Waals surface area (Å²) in [6.07, 6.45) is 5.23. The molecule has 76 valence electrons. The van der Waals surface area contributed by atoms with E-state index >= 15 is 0 Å². The Morgan fingerprint density at radius 2 is 2.31 bits per heavy atom. The first-order chi connectivity index (χ1) is 6.08. The highest BCUT2D eigenvalue weighted by atomic mass is 32.2. The highest BCUT2D eigenvalue weighted by Gasteiger charge is 2.36. The molecule has 1 amide bonds. The van der Waals surface area contributed by atoms with E-state index in [4.69, 9.17) is 5.73 Å². The van der Waals surface area contributed by atoms with Crippen molar-refractivity contribution in [2.24, 2.45) is 5.73 Å². The summed E-state index contributed by atoms with van der Waals surface area (Å²) in [5, 5.41) is 3.31. The van der Waals surface area contributed by atoms with Crippen LogP contribution in [0.5, 0.6) is 0 Å². The molecule has 0 aromatic heterocycles. The lowest BCUT2D eigenvalue weighted by Crippen LogP contribution is -2.54. The van der Waals surface area contributed by atoms with Gasteiger partial charge in [0.2, 0.25) is 5.91 Å². The van der Waals surface area contributed by atoms with Crippen LogP contribution in [0.15, 0.2) is 0 Å². The van der Waals surface area contributed by atoms with Crippen LogP contribution in [-0.4, -0.2) is 29.5 Å². The zero-order valence-corrected chi connectivity index (χ0v) is 9.12. The van der Waals surface area contributed by atoms with Gasteiger partial charge in [0, 0.05) is 6.04 Å². The molecule has 0 saturated heterocycles. The number of nitrogens with one attached hydrogen (secondary N) is 1. The van der Waals surface area contributed by atoms with Crippen molar-refractivity contribution < 1.29 is 4.79 Å². The Bertz CT molecular complexity index is 194. The maximum absolute atomic E-state index is 11.2. The highest BCUT2D eigenvalue weighted by molar-refractivity contribution is 7.98. The van der Waals surface area contributed by atoms with Gasteiger partial charge in [0.15, 0.2) is 0 Å². The first kappa shape index (κ1) is 10.9. The Kier molecular flexibility index (Phi) is 3.62.